The number of anilines is 1. The molecule has 1 fully saturated rings. The fourth-order valence-corrected chi connectivity index (χ4v) is 2.62. The zero-order valence-corrected chi connectivity index (χ0v) is 13.1. The Labute approximate surface area is 126 Å². The monoisotopic (exact) mass is 291 g/mol. The Morgan fingerprint density at radius 1 is 1.43 bits per heavy atom. The summed E-state index contributed by atoms with van der Waals surface area (Å²) in [6.07, 6.45) is 3.62. The van der Waals surface area contributed by atoms with Crippen molar-refractivity contribution < 1.29 is 9.53 Å². The summed E-state index contributed by atoms with van der Waals surface area (Å²) in [5, 5.41) is 0. The summed E-state index contributed by atoms with van der Waals surface area (Å²) in [6, 6.07) is 5.61. The maximum Gasteiger partial charge on any atom is 0.257 e. The highest BCUT2D eigenvalue weighted by Crippen LogP contribution is 2.24. The van der Waals surface area contributed by atoms with Crippen LogP contribution in [-0.4, -0.2) is 56.0 Å². The van der Waals surface area contributed by atoms with Crippen molar-refractivity contribution in [2.24, 2.45) is 0 Å². The lowest BCUT2D eigenvalue weighted by Crippen LogP contribution is -2.40. The van der Waals surface area contributed by atoms with E-state index in [2.05, 4.69) is 11.9 Å². The number of likely N-dealkylation sites (N-methyl/N-ethyl adjacent to an activating group) is 1. The van der Waals surface area contributed by atoms with Crippen molar-refractivity contribution in [3.05, 3.63) is 23.8 Å². The highest BCUT2D eigenvalue weighted by atomic mass is 16.5. The van der Waals surface area contributed by atoms with Gasteiger partial charge in [0.2, 0.25) is 0 Å². The van der Waals surface area contributed by atoms with Gasteiger partial charge in [-0.05, 0) is 38.6 Å². The molecule has 1 amide bonds. The molecule has 1 aliphatic heterocycles. The first-order valence-electron chi connectivity index (χ1n) is 7.43. The number of nitrogens with zero attached hydrogens (tertiary/aromatic N) is 2. The molecule has 1 aromatic rings. The minimum absolute atomic E-state index is 0.0676. The van der Waals surface area contributed by atoms with Crippen molar-refractivity contribution in [3.8, 4) is 5.75 Å². The second-order valence-electron chi connectivity index (χ2n) is 5.90. The second kappa shape index (κ2) is 6.80. The van der Waals surface area contributed by atoms with Gasteiger partial charge in [0.05, 0.1) is 5.56 Å². The molecular weight excluding hydrogens is 266 g/mol. The molecule has 5 nitrogen and oxygen atoms in total. The molecule has 116 valence electrons. The molecule has 0 bridgehead atoms. The van der Waals surface area contributed by atoms with Gasteiger partial charge < -0.3 is 20.3 Å². The van der Waals surface area contributed by atoms with Crippen LogP contribution in [0.2, 0.25) is 0 Å². The maximum atomic E-state index is 12.2. The van der Waals surface area contributed by atoms with Crippen LogP contribution >= 0.6 is 0 Å². The third-order valence-electron chi connectivity index (χ3n) is 3.99. The lowest BCUT2D eigenvalue weighted by Gasteiger charge is -2.32. The first kappa shape index (κ1) is 15.6. The minimum Gasteiger partial charge on any atom is -0.491 e. The molecule has 1 aromatic carbocycles. The molecule has 1 heterocycles. The fraction of sp³-hybridized carbons (Fsp3) is 0.562. The molecule has 1 unspecified atom stereocenters. The van der Waals surface area contributed by atoms with Gasteiger partial charge in [0, 0.05) is 31.9 Å². The summed E-state index contributed by atoms with van der Waals surface area (Å²) < 4.78 is 5.93. The molecule has 0 spiro atoms. The number of nitrogen functional groups attached to an aromatic ring is 1. The number of amides is 1. The number of carbonyl (C=O) groups excluding carboxylic acids is 1. The molecule has 1 aliphatic rings. The predicted octanol–water partition coefficient (Wildman–Crippen LogP) is 1.83. The van der Waals surface area contributed by atoms with Gasteiger partial charge in [-0.25, -0.2) is 0 Å². The van der Waals surface area contributed by atoms with Gasteiger partial charge in [-0.15, -0.1) is 0 Å². The van der Waals surface area contributed by atoms with E-state index in [0.29, 0.717) is 29.6 Å². The second-order valence-corrected chi connectivity index (χ2v) is 5.90. The molecule has 0 radical (unpaired) electrons. The van der Waals surface area contributed by atoms with E-state index in [0.717, 1.165) is 13.0 Å². The van der Waals surface area contributed by atoms with E-state index in [9.17, 15) is 4.79 Å². The van der Waals surface area contributed by atoms with E-state index < -0.39 is 0 Å². The highest BCUT2D eigenvalue weighted by Gasteiger charge is 2.21. The van der Waals surface area contributed by atoms with Gasteiger partial charge >= 0.3 is 0 Å². The molecule has 5 heteroatoms. The zero-order valence-electron chi connectivity index (χ0n) is 13.1. The lowest BCUT2D eigenvalue weighted by molar-refractivity contribution is 0.0817. The number of likely N-dealkylation sites (tertiary alicyclic amines) is 1. The Balaban J connectivity index is 2.11. The lowest BCUT2D eigenvalue weighted by atomic mass is 10.0. The van der Waals surface area contributed by atoms with Gasteiger partial charge in [0.25, 0.3) is 5.91 Å². The fourth-order valence-electron chi connectivity index (χ4n) is 2.62. The normalized spacial score (nSPS) is 19.3. The number of nitrogens with two attached hydrogens (primary N) is 1. The van der Waals surface area contributed by atoms with Gasteiger partial charge in [-0.1, -0.05) is 6.42 Å². The summed E-state index contributed by atoms with van der Waals surface area (Å²) >= 11 is 0. The number of hydrogen-bond acceptors (Lipinski definition) is 4. The summed E-state index contributed by atoms with van der Waals surface area (Å²) in [4.78, 5) is 16.1. The van der Waals surface area contributed by atoms with Crippen LogP contribution in [0.15, 0.2) is 18.2 Å². The van der Waals surface area contributed by atoms with Crippen molar-refractivity contribution in [1.29, 1.82) is 0 Å². The number of carbonyl (C=O) groups is 1. The summed E-state index contributed by atoms with van der Waals surface area (Å²) in [7, 11) is 5.59. The van der Waals surface area contributed by atoms with E-state index in [1.54, 1.807) is 37.2 Å². The predicted molar refractivity (Wildman–Crippen MR) is 84.6 cm³/mol. The minimum atomic E-state index is -0.0676. The van der Waals surface area contributed by atoms with Crippen LogP contribution in [0, 0.1) is 0 Å². The van der Waals surface area contributed by atoms with Crippen LogP contribution < -0.4 is 10.5 Å². The quantitative estimate of drug-likeness (QED) is 0.860. The van der Waals surface area contributed by atoms with E-state index >= 15 is 0 Å². The number of rotatable bonds is 4. The van der Waals surface area contributed by atoms with Crippen LogP contribution in [0.25, 0.3) is 0 Å². The molecule has 0 aromatic heterocycles. The van der Waals surface area contributed by atoms with Gasteiger partial charge in [0.15, 0.2) is 0 Å². The van der Waals surface area contributed by atoms with E-state index in [4.69, 9.17) is 10.5 Å². The van der Waals surface area contributed by atoms with Crippen molar-refractivity contribution in [1.82, 2.24) is 9.80 Å². The van der Waals surface area contributed by atoms with Gasteiger partial charge in [-0.3, -0.25) is 4.79 Å². The van der Waals surface area contributed by atoms with Crippen LogP contribution in [0.5, 0.6) is 5.75 Å². The van der Waals surface area contributed by atoms with E-state index in [-0.39, 0.29) is 5.91 Å². The molecule has 21 heavy (non-hydrogen) atoms. The molecule has 2 N–H and O–H groups in total. The molecule has 0 aliphatic carbocycles. The average Bonchev–Trinajstić information content (AvgIpc) is 2.46. The number of ether oxygens (including phenoxy) is 1. The summed E-state index contributed by atoms with van der Waals surface area (Å²) in [5.74, 6) is 0.509. The molecular formula is C16H25N3O2. The average molecular weight is 291 g/mol. The first-order valence-corrected chi connectivity index (χ1v) is 7.43. The zero-order chi connectivity index (χ0) is 15.4. The molecule has 2 rings (SSSR count). The highest BCUT2D eigenvalue weighted by molar-refractivity contribution is 5.97. The Morgan fingerprint density at radius 2 is 2.19 bits per heavy atom. The summed E-state index contributed by atoms with van der Waals surface area (Å²) in [6.45, 7) is 1.70. The topological polar surface area (TPSA) is 58.8 Å². The van der Waals surface area contributed by atoms with Crippen LogP contribution in [0.4, 0.5) is 5.69 Å². The number of hydrogen-bond donors (Lipinski definition) is 1. The van der Waals surface area contributed by atoms with Crippen molar-refractivity contribution >= 4 is 11.6 Å². The SMILES string of the molecule is CN(C)C(=O)c1ccc(N)cc1OCC1CCCCN1C. The van der Waals surface area contributed by atoms with Crippen LogP contribution in [0.3, 0.4) is 0 Å². The maximum absolute atomic E-state index is 12.2. The van der Waals surface area contributed by atoms with E-state index in [1.165, 1.54) is 12.8 Å². The Morgan fingerprint density at radius 3 is 2.86 bits per heavy atom. The Bertz CT molecular complexity index is 502. The summed E-state index contributed by atoms with van der Waals surface area (Å²) in [5.41, 5.74) is 7.00. The third-order valence-corrected chi connectivity index (χ3v) is 3.99. The van der Waals surface area contributed by atoms with Crippen molar-refractivity contribution in [2.75, 3.05) is 40.0 Å². The Hall–Kier alpha value is -1.75. The largest absolute Gasteiger partial charge is 0.491 e. The molecule has 1 saturated heterocycles. The standard InChI is InChI=1S/C16H25N3O2/c1-18(2)16(20)14-8-7-12(17)10-15(14)21-11-13-6-4-5-9-19(13)3/h7-8,10,13H,4-6,9,11,17H2,1-3H3. The van der Waals surface area contributed by atoms with E-state index in [1.807, 2.05) is 0 Å². The Kier molecular flexibility index (Phi) is 5.07. The smallest absolute Gasteiger partial charge is 0.257 e. The van der Waals surface area contributed by atoms with Crippen LogP contribution in [0.1, 0.15) is 29.6 Å². The number of piperidine rings is 1. The molecule has 0 saturated carbocycles. The van der Waals surface area contributed by atoms with Crippen molar-refractivity contribution in [2.45, 2.75) is 25.3 Å². The van der Waals surface area contributed by atoms with Crippen molar-refractivity contribution in [3.63, 3.8) is 0 Å². The van der Waals surface area contributed by atoms with Crippen LogP contribution in [-0.2, 0) is 0 Å². The van der Waals surface area contributed by atoms with Gasteiger partial charge in [-0.2, -0.15) is 0 Å². The third kappa shape index (κ3) is 3.88. The number of benzene rings is 1. The first-order chi connectivity index (χ1) is 9.99. The molecule has 1 atom stereocenters. The van der Waals surface area contributed by atoms with Gasteiger partial charge in [0.1, 0.15) is 12.4 Å².